The Hall–Kier alpha value is -3.28. The minimum atomic E-state index is -1.05. The Morgan fingerprint density at radius 2 is 1.96 bits per heavy atom. The summed E-state index contributed by atoms with van der Waals surface area (Å²) in [6.07, 6.45) is 3.00. The Morgan fingerprint density at radius 1 is 1.16 bits per heavy atom. The summed E-state index contributed by atoms with van der Waals surface area (Å²) >= 11 is 0. The monoisotopic (exact) mass is 341 g/mol. The van der Waals surface area contributed by atoms with Gasteiger partial charge in [-0.1, -0.05) is 12.1 Å². The molecule has 0 atom stereocenters. The standard InChI is InChI=1S/C19H19NO5/c1-3-25-16-9-7-13(11-17(16)24-2)8-10-18(21)20-15-6-4-5-14(12-15)19(22)23/h4-12H,3H2,1-2H3,(H,20,21)(H,22,23). The Morgan fingerprint density at radius 3 is 2.64 bits per heavy atom. The minimum Gasteiger partial charge on any atom is -0.493 e. The molecule has 2 aromatic rings. The van der Waals surface area contributed by atoms with Crippen LogP contribution in [0.1, 0.15) is 22.8 Å². The van der Waals surface area contributed by atoms with Crippen LogP contribution in [0.4, 0.5) is 5.69 Å². The lowest BCUT2D eigenvalue weighted by molar-refractivity contribution is -0.111. The van der Waals surface area contributed by atoms with Crippen molar-refractivity contribution < 1.29 is 24.2 Å². The Bertz CT molecular complexity index is 798. The number of carboxylic acid groups (broad SMARTS) is 1. The van der Waals surface area contributed by atoms with Gasteiger partial charge in [0.2, 0.25) is 5.91 Å². The zero-order valence-electron chi connectivity index (χ0n) is 14.0. The van der Waals surface area contributed by atoms with Crippen LogP contribution in [0.25, 0.3) is 6.08 Å². The van der Waals surface area contributed by atoms with Crippen molar-refractivity contribution >= 4 is 23.6 Å². The number of carbonyl (C=O) groups excluding carboxylic acids is 1. The first-order valence-corrected chi connectivity index (χ1v) is 7.66. The van der Waals surface area contributed by atoms with Gasteiger partial charge in [0.25, 0.3) is 0 Å². The molecule has 0 aliphatic rings. The number of benzene rings is 2. The smallest absolute Gasteiger partial charge is 0.335 e. The van der Waals surface area contributed by atoms with Crippen LogP contribution >= 0.6 is 0 Å². The van der Waals surface area contributed by atoms with E-state index in [-0.39, 0.29) is 11.5 Å². The van der Waals surface area contributed by atoms with Crippen LogP contribution in [0.2, 0.25) is 0 Å². The summed E-state index contributed by atoms with van der Waals surface area (Å²) < 4.78 is 10.7. The Kier molecular flexibility index (Phi) is 6.17. The predicted molar refractivity (Wildman–Crippen MR) is 95.2 cm³/mol. The lowest BCUT2D eigenvalue weighted by Gasteiger charge is -2.09. The largest absolute Gasteiger partial charge is 0.493 e. The molecule has 0 unspecified atom stereocenters. The van der Waals surface area contributed by atoms with Crippen LogP contribution in [0, 0.1) is 0 Å². The van der Waals surface area contributed by atoms with Crippen LogP contribution in [0.15, 0.2) is 48.5 Å². The van der Waals surface area contributed by atoms with E-state index in [1.54, 1.807) is 37.5 Å². The van der Waals surface area contributed by atoms with Crippen molar-refractivity contribution in [3.05, 3.63) is 59.7 Å². The minimum absolute atomic E-state index is 0.109. The molecule has 6 nitrogen and oxygen atoms in total. The lowest BCUT2D eigenvalue weighted by Crippen LogP contribution is -2.08. The molecule has 1 amide bonds. The number of anilines is 1. The summed E-state index contributed by atoms with van der Waals surface area (Å²) in [4.78, 5) is 22.9. The van der Waals surface area contributed by atoms with Gasteiger partial charge in [-0.05, 0) is 48.9 Å². The van der Waals surface area contributed by atoms with Gasteiger partial charge in [0.15, 0.2) is 11.5 Å². The molecule has 25 heavy (non-hydrogen) atoms. The number of carboxylic acids is 1. The number of ether oxygens (including phenoxy) is 2. The summed E-state index contributed by atoms with van der Waals surface area (Å²) in [6, 6.07) is 11.4. The first kappa shape index (κ1) is 18.1. The number of hydrogen-bond acceptors (Lipinski definition) is 4. The Balaban J connectivity index is 2.07. The summed E-state index contributed by atoms with van der Waals surface area (Å²) in [7, 11) is 1.55. The van der Waals surface area contributed by atoms with E-state index in [1.165, 1.54) is 18.2 Å². The van der Waals surface area contributed by atoms with E-state index in [4.69, 9.17) is 14.6 Å². The molecule has 0 saturated heterocycles. The second-order valence-corrected chi connectivity index (χ2v) is 5.05. The van der Waals surface area contributed by atoms with Crippen molar-refractivity contribution in [2.45, 2.75) is 6.92 Å². The second kappa shape index (κ2) is 8.54. The SMILES string of the molecule is CCOc1ccc(C=CC(=O)Nc2cccc(C(=O)O)c2)cc1OC. The Labute approximate surface area is 145 Å². The molecule has 0 heterocycles. The molecule has 0 aromatic heterocycles. The molecular weight excluding hydrogens is 322 g/mol. The van der Waals surface area contributed by atoms with Crippen molar-refractivity contribution in [1.82, 2.24) is 0 Å². The number of rotatable bonds is 7. The number of methoxy groups -OCH3 is 1. The number of nitrogens with one attached hydrogen (secondary N) is 1. The summed E-state index contributed by atoms with van der Waals surface area (Å²) in [5.41, 5.74) is 1.30. The molecule has 6 heteroatoms. The molecule has 0 aliphatic carbocycles. The van der Waals surface area contributed by atoms with Gasteiger partial charge in [-0.3, -0.25) is 4.79 Å². The van der Waals surface area contributed by atoms with Gasteiger partial charge in [0.1, 0.15) is 0 Å². The number of amides is 1. The van der Waals surface area contributed by atoms with Crippen molar-refractivity contribution in [2.24, 2.45) is 0 Å². The molecule has 2 aromatic carbocycles. The van der Waals surface area contributed by atoms with Crippen molar-refractivity contribution in [3.63, 3.8) is 0 Å². The van der Waals surface area contributed by atoms with E-state index in [0.29, 0.717) is 23.8 Å². The van der Waals surface area contributed by atoms with E-state index in [0.717, 1.165) is 5.56 Å². The molecule has 2 N–H and O–H groups in total. The molecule has 0 aliphatic heterocycles. The zero-order valence-corrected chi connectivity index (χ0v) is 14.0. The quantitative estimate of drug-likeness (QED) is 0.754. The molecule has 0 bridgehead atoms. The number of hydrogen-bond donors (Lipinski definition) is 2. The molecule has 0 spiro atoms. The van der Waals surface area contributed by atoms with Crippen LogP contribution in [0.5, 0.6) is 11.5 Å². The lowest BCUT2D eigenvalue weighted by atomic mass is 10.2. The zero-order chi connectivity index (χ0) is 18.2. The van der Waals surface area contributed by atoms with Crippen LogP contribution in [-0.2, 0) is 4.79 Å². The maximum Gasteiger partial charge on any atom is 0.335 e. The van der Waals surface area contributed by atoms with Gasteiger partial charge in [-0.15, -0.1) is 0 Å². The summed E-state index contributed by atoms with van der Waals surface area (Å²) in [5, 5.41) is 11.6. The van der Waals surface area contributed by atoms with E-state index < -0.39 is 5.97 Å². The topological polar surface area (TPSA) is 84.9 Å². The third-order valence-electron chi connectivity index (χ3n) is 3.29. The summed E-state index contributed by atoms with van der Waals surface area (Å²) in [6.45, 7) is 2.42. The first-order valence-electron chi connectivity index (χ1n) is 7.66. The van der Waals surface area contributed by atoms with E-state index in [1.807, 2.05) is 13.0 Å². The van der Waals surface area contributed by atoms with Crippen LogP contribution in [-0.4, -0.2) is 30.7 Å². The van der Waals surface area contributed by atoms with Crippen molar-refractivity contribution in [1.29, 1.82) is 0 Å². The molecule has 2 rings (SSSR count). The van der Waals surface area contributed by atoms with Gasteiger partial charge in [-0.2, -0.15) is 0 Å². The average Bonchev–Trinajstić information content (AvgIpc) is 2.61. The molecule has 130 valence electrons. The molecule has 0 fully saturated rings. The van der Waals surface area contributed by atoms with E-state index >= 15 is 0 Å². The second-order valence-electron chi connectivity index (χ2n) is 5.05. The van der Waals surface area contributed by atoms with Crippen molar-refractivity contribution in [3.8, 4) is 11.5 Å². The van der Waals surface area contributed by atoms with Crippen LogP contribution < -0.4 is 14.8 Å². The highest BCUT2D eigenvalue weighted by molar-refractivity contribution is 6.02. The van der Waals surface area contributed by atoms with Crippen LogP contribution in [0.3, 0.4) is 0 Å². The molecule has 0 saturated carbocycles. The fraction of sp³-hybridized carbons (Fsp3) is 0.158. The molecular formula is C19H19NO5. The third kappa shape index (κ3) is 5.10. The van der Waals surface area contributed by atoms with Gasteiger partial charge < -0.3 is 19.9 Å². The normalized spacial score (nSPS) is 10.5. The van der Waals surface area contributed by atoms with Gasteiger partial charge in [0, 0.05) is 11.8 Å². The van der Waals surface area contributed by atoms with Crippen molar-refractivity contribution in [2.75, 3.05) is 19.0 Å². The number of carbonyl (C=O) groups is 2. The number of aromatic carboxylic acids is 1. The summed E-state index contributed by atoms with van der Waals surface area (Å²) in [5.74, 6) is -0.195. The van der Waals surface area contributed by atoms with E-state index in [9.17, 15) is 9.59 Å². The van der Waals surface area contributed by atoms with E-state index in [2.05, 4.69) is 5.32 Å². The fourth-order valence-electron chi connectivity index (χ4n) is 2.15. The van der Waals surface area contributed by atoms with Gasteiger partial charge >= 0.3 is 5.97 Å². The maximum atomic E-state index is 12.0. The first-order chi connectivity index (χ1) is 12.0. The third-order valence-corrected chi connectivity index (χ3v) is 3.29. The fourth-order valence-corrected chi connectivity index (χ4v) is 2.15. The highest BCUT2D eigenvalue weighted by Crippen LogP contribution is 2.28. The maximum absolute atomic E-state index is 12.0. The highest BCUT2D eigenvalue weighted by Gasteiger charge is 2.06. The average molecular weight is 341 g/mol. The predicted octanol–water partition coefficient (Wildman–Crippen LogP) is 3.44. The van der Waals surface area contributed by atoms with Gasteiger partial charge in [0.05, 0.1) is 19.3 Å². The van der Waals surface area contributed by atoms with Gasteiger partial charge in [-0.25, -0.2) is 4.79 Å². The highest BCUT2D eigenvalue weighted by atomic mass is 16.5. The molecule has 0 radical (unpaired) electrons.